The van der Waals surface area contributed by atoms with Crippen molar-refractivity contribution in [3.8, 4) is 0 Å². The maximum Gasteiger partial charge on any atom is 0.411 e. The fraction of sp³-hybridized carbons (Fsp3) is 0.812. The molecule has 0 aromatic carbocycles. The maximum absolute atomic E-state index is 12.5. The number of nitrogens with zero attached hydrogens (tertiary/aromatic N) is 2. The van der Waals surface area contributed by atoms with Gasteiger partial charge in [-0.2, -0.15) is 0 Å². The molecule has 0 radical (unpaired) electrons. The second kappa shape index (κ2) is 5.82. The lowest BCUT2D eigenvalue weighted by Crippen LogP contribution is -2.80. The molecule has 1 unspecified atom stereocenters. The summed E-state index contributed by atoms with van der Waals surface area (Å²) in [6, 6.07) is 0. The van der Waals surface area contributed by atoms with Gasteiger partial charge in [-0.05, 0) is 41.5 Å². The highest BCUT2D eigenvalue weighted by Gasteiger charge is 2.57. The van der Waals surface area contributed by atoms with Crippen molar-refractivity contribution in [1.82, 2.24) is 15.1 Å². The number of carbonyl (C=O) groups excluding carboxylic acids is 3. The Balaban J connectivity index is 2.14. The van der Waals surface area contributed by atoms with E-state index in [9.17, 15) is 14.4 Å². The Morgan fingerprint density at radius 2 is 1.54 bits per heavy atom. The van der Waals surface area contributed by atoms with Crippen molar-refractivity contribution in [3.05, 3.63) is 0 Å². The van der Waals surface area contributed by atoms with Gasteiger partial charge < -0.3 is 19.7 Å². The van der Waals surface area contributed by atoms with Gasteiger partial charge in [-0.1, -0.05) is 0 Å². The Hall–Kier alpha value is -1.99. The van der Waals surface area contributed by atoms with Gasteiger partial charge in [0.2, 0.25) is 5.91 Å². The van der Waals surface area contributed by atoms with Crippen LogP contribution in [0.3, 0.4) is 0 Å². The van der Waals surface area contributed by atoms with Gasteiger partial charge >= 0.3 is 12.2 Å². The number of hydrogen-bond donors (Lipinski definition) is 1. The summed E-state index contributed by atoms with van der Waals surface area (Å²) in [4.78, 5) is 39.9. The van der Waals surface area contributed by atoms with Crippen LogP contribution in [0.15, 0.2) is 0 Å². The topological polar surface area (TPSA) is 88.2 Å². The zero-order valence-corrected chi connectivity index (χ0v) is 15.3. The summed E-state index contributed by atoms with van der Waals surface area (Å²) >= 11 is 0. The zero-order valence-electron chi connectivity index (χ0n) is 15.3. The van der Waals surface area contributed by atoms with E-state index in [4.69, 9.17) is 9.47 Å². The van der Waals surface area contributed by atoms with Crippen LogP contribution in [0.1, 0.15) is 41.5 Å². The molecule has 8 nitrogen and oxygen atoms in total. The van der Waals surface area contributed by atoms with Crippen molar-refractivity contribution in [3.63, 3.8) is 0 Å². The van der Waals surface area contributed by atoms with Crippen molar-refractivity contribution >= 4 is 18.1 Å². The maximum atomic E-state index is 12.5. The Morgan fingerprint density at radius 3 is 1.96 bits per heavy atom. The van der Waals surface area contributed by atoms with E-state index in [1.807, 2.05) is 0 Å². The number of nitrogens with one attached hydrogen (secondary N) is 1. The van der Waals surface area contributed by atoms with E-state index >= 15 is 0 Å². The Labute approximate surface area is 142 Å². The Kier molecular flexibility index (Phi) is 4.45. The van der Waals surface area contributed by atoms with Gasteiger partial charge in [0, 0.05) is 13.1 Å². The van der Waals surface area contributed by atoms with Crippen molar-refractivity contribution in [2.45, 2.75) is 58.3 Å². The molecule has 0 bridgehead atoms. The molecule has 0 aromatic rings. The smallest absolute Gasteiger partial charge is 0.411 e. The largest absolute Gasteiger partial charge is 0.444 e. The molecule has 24 heavy (non-hydrogen) atoms. The minimum absolute atomic E-state index is 0.104. The Bertz CT molecular complexity index is 549. The monoisotopic (exact) mass is 341 g/mol. The molecule has 0 aromatic heterocycles. The van der Waals surface area contributed by atoms with E-state index in [1.54, 1.807) is 41.5 Å². The molecule has 3 amide bonds. The molecule has 0 saturated carbocycles. The number of β-lactam (4-membered cyclic amide) rings is 1. The van der Waals surface area contributed by atoms with E-state index in [1.165, 1.54) is 9.80 Å². The van der Waals surface area contributed by atoms with Crippen molar-refractivity contribution < 1.29 is 23.9 Å². The summed E-state index contributed by atoms with van der Waals surface area (Å²) in [5.41, 5.74) is -2.34. The SMILES string of the molecule is CC(C)(C)OC(=O)N1CCN(C(=O)OC(C)(C)C)C2(CNC2=O)C1. The van der Waals surface area contributed by atoms with Crippen LogP contribution in [0.4, 0.5) is 9.59 Å². The highest BCUT2D eigenvalue weighted by atomic mass is 16.6. The number of amides is 3. The second-order valence-electron chi connectivity index (χ2n) is 8.25. The average Bonchev–Trinajstić information content (AvgIpc) is 2.41. The second-order valence-corrected chi connectivity index (χ2v) is 8.25. The lowest BCUT2D eigenvalue weighted by Gasteiger charge is -2.53. The minimum Gasteiger partial charge on any atom is -0.444 e. The van der Waals surface area contributed by atoms with E-state index in [0.29, 0.717) is 13.1 Å². The fourth-order valence-electron chi connectivity index (χ4n) is 2.69. The first-order valence-electron chi connectivity index (χ1n) is 8.11. The molecule has 8 heteroatoms. The summed E-state index contributed by atoms with van der Waals surface area (Å²) < 4.78 is 10.8. The Morgan fingerprint density at radius 1 is 1.00 bits per heavy atom. The predicted octanol–water partition coefficient (Wildman–Crippen LogP) is 1.34. The summed E-state index contributed by atoms with van der Waals surface area (Å²) in [5.74, 6) is -0.276. The summed E-state index contributed by atoms with van der Waals surface area (Å²) in [5, 5.41) is 2.66. The molecule has 2 aliphatic heterocycles. The van der Waals surface area contributed by atoms with Crippen LogP contribution in [0, 0.1) is 0 Å². The predicted molar refractivity (Wildman–Crippen MR) is 86.5 cm³/mol. The van der Waals surface area contributed by atoms with Gasteiger partial charge in [0.05, 0.1) is 13.1 Å². The van der Waals surface area contributed by atoms with Gasteiger partial charge in [-0.25, -0.2) is 9.59 Å². The number of piperazine rings is 1. The van der Waals surface area contributed by atoms with Crippen LogP contribution in [0.5, 0.6) is 0 Å². The fourth-order valence-corrected chi connectivity index (χ4v) is 2.69. The molecule has 2 fully saturated rings. The van der Waals surface area contributed by atoms with E-state index in [0.717, 1.165) is 0 Å². The molecule has 2 rings (SSSR count). The summed E-state index contributed by atoms with van der Waals surface area (Å²) in [6.07, 6.45) is -1.02. The van der Waals surface area contributed by atoms with Crippen LogP contribution in [0.25, 0.3) is 0 Å². The molecular weight excluding hydrogens is 314 g/mol. The molecule has 1 atom stereocenters. The zero-order chi connectivity index (χ0) is 18.3. The van der Waals surface area contributed by atoms with Crippen LogP contribution in [-0.4, -0.2) is 70.8 Å². The van der Waals surface area contributed by atoms with Gasteiger partial charge in [0.25, 0.3) is 0 Å². The van der Waals surface area contributed by atoms with Gasteiger partial charge in [0.15, 0.2) is 5.54 Å². The number of rotatable bonds is 0. The molecule has 1 N–H and O–H groups in total. The third-order valence-corrected chi connectivity index (χ3v) is 3.79. The average molecular weight is 341 g/mol. The molecule has 0 aliphatic carbocycles. The first-order chi connectivity index (χ1) is 10.8. The molecule has 136 valence electrons. The lowest BCUT2D eigenvalue weighted by molar-refractivity contribution is -0.148. The minimum atomic E-state index is -1.07. The van der Waals surface area contributed by atoms with Crippen LogP contribution in [-0.2, 0) is 14.3 Å². The van der Waals surface area contributed by atoms with Crippen molar-refractivity contribution in [1.29, 1.82) is 0 Å². The van der Waals surface area contributed by atoms with Crippen LogP contribution in [0.2, 0.25) is 0 Å². The lowest BCUT2D eigenvalue weighted by atomic mass is 9.86. The van der Waals surface area contributed by atoms with Crippen LogP contribution >= 0.6 is 0 Å². The molecule has 1 spiro atoms. The van der Waals surface area contributed by atoms with Gasteiger partial charge in [-0.3, -0.25) is 9.69 Å². The highest BCUT2D eigenvalue weighted by molar-refractivity contribution is 5.96. The van der Waals surface area contributed by atoms with E-state index in [2.05, 4.69) is 5.32 Å². The molecule has 2 aliphatic rings. The highest BCUT2D eigenvalue weighted by Crippen LogP contribution is 2.29. The number of carbonyl (C=O) groups is 3. The summed E-state index contributed by atoms with van der Waals surface area (Å²) in [7, 11) is 0. The van der Waals surface area contributed by atoms with Crippen LogP contribution < -0.4 is 5.32 Å². The third kappa shape index (κ3) is 3.73. The molecule has 2 heterocycles. The quantitative estimate of drug-likeness (QED) is 0.672. The van der Waals surface area contributed by atoms with E-state index < -0.39 is 28.9 Å². The normalized spacial score (nSPS) is 24.3. The third-order valence-electron chi connectivity index (χ3n) is 3.79. The van der Waals surface area contributed by atoms with Crippen molar-refractivity contribution in [2.24, 2.45) is 0 Å². The van der Waals surface area contributed by atoms with Crippen molar-refractivity contribution in [2.75, 3.05) is 26.2 Å². The molecule has 2 saturated heterocycles. The van der Waals surface area contributed by atoms with E-state index in [-0.39, 0.29) is 19.0 Å². The molecular formula is C16H27N3O5. The number of ether oxygens (including phenoxy) is 2. The van der Waals surface area contributed by atoms with Gasteiger partial charge in [-0.15, -0.1) is 0 Å². The first kappa shape index (κ1) is 18.4. The first-order valence-corrected chi connectivity index (χ1v) is 8.11. The summed E-state index contributed by atoms with van der Waals surface area (Å²) in [6.45, 7) is 11.6. The standard InChI is InChI=1S/C16H27N3O5/c1-14(2,3)23-12(21)18-7-8-19(13(22)24-15(4,5)6)16(10-18)9-17-11(16)20/h7-10H2,1-6H3,(H,17,20). The van der Waals surface area contributed by atoms with Gasteiger partial charge in [0.1, 0.15) is 11.2 Å². The number of hydrogen-bond acceptors (Lipinski definition) is 5.